The normalized spacial score (nSPS) is 10.6. The summed E-state index contributed by atoms with van der Waals surface area (Å²) in [5, 5.41) is 20.5. The van der Waals surface area contributed by atoms with Crippen LogP contribution in [-0.4, -0.2) is 36.5 Å². The minimum Gasteiger partial charge on any atom is -0.507 e. The molecule has 3 rings (SSSR count). The molecule has 0 unspecified atom stereocenters. The molecular weight excluding hydrogens is 320 g/mol. The van der Waals surface area contributed by atoms with Gasteiger partial charge < -0.3 is 19.7 Å². The Morgan fingerprint density at radius 3 is 2.36 bits per heavy atom. The summed E-state index contributed by atoms with van der Waals surface area (Å²) in [5.41, 5.74) is 1.78. The average molecular weight is 338 g/mol. The van der Waals surface area contributed by atoms with Crippen molar-refractivity contribution in [3.63, 3.8) is 0 Å². The molecule has 0 aromatic heterocycles. The molecule has 0 aliphatic rings. The van der Waals surface area contributed by atoms with Gasteiger partial charge in [0.15, 0.2) is 0 Å². The molecule has 0 fully saturated rings. The van der Waals surface area contributed by atoms with Crippen molar-refractivity contribution in [2.24, 2.45) is 0 Å². The summed E-state index contributed by atoms with van der Waals surface area (Å²) in [4.78, 5) is 12.2. The van der Waals surface area contributed by atoms with Gasteiger partial charge in [0.1, 0.15) is 18.1 Å². The molecule has 5 heteroatoms. The summed E-state index contributed by atoms with van der Waals surface area (Å²) in [6.45, 7) is 0.158. The summed E-state index contributed by atoms with van der Waals surface area (Å²) in [6, 6.07) is 16.0. The maximum Gasteiger partial charge on any atom is 0.338 e. The number of aliphatic hydroxyl groups excluding tert-OH is 1. The van der Waals surface area contributed by atoms with E-state index in [-0.39, 0.29) is 19.0 Å². The summed E-state index contributed by atoms with van der Waals surface area (Å²) in [6.07, 6.45) is 0. The largest absolute Gasteiger partial charge is 0.507 e. The van der Waals surface area contributed by atoms with E-state index in [0.29, 0.717) is 22.3 Å². The van der Waals surface area contributed by atoms with Gasteiger partial charge in [-0.1, -0.05) is 36.4 Å². The summed E-state index contributed by atoms with van der Waals surface area (Å²) in [5.74, 6) is 0.139. The number of fused-ring (bicyclic) bond motifs is 1. The number of methoxy groups -OCH3 is 1. The molecule has 0 heterocycles. The van der Waals surface area contributed by atoms with Gasteiger partial charge in [0.2, 0.25) is 0 Å². The summed E-state index contributed by atoms with van der Waals surface area (Å²) in [7, 11) is 1.31. The van der Waals surface area contributed by atoms with Crippen LogP contribution in [0.1, 0.15) is 10.4 Å². The Balaban J connectivity index is 2.19. The first-order valence-electron chi connectivity index (χ1n) is 7.83. The fourth-order valence-electron chi connectivity index (χ4n) is 2.82. The van der Waals surface area contributed by atoms with Crippen molar-refractivity contribution in [3.05, 3.63) is 60.2 Å². The standard InChI is InChI=1S/C20H18O5/c1-24-20(23)17-12-18(22)15-4-2-3-5-16(15)19(17)13-6-8-14(9-7-13)25-11-10-21/h2-9,12,21-22H,10-11H2,1H3. The molecular formula is C20H18O5. The zero-order valence-electron chi connectivity index (χ0n) is 13.7. The number of rotatable bonds is 5. The summed E-state index contributed by atoms with van der Waals surface area (Å²) >= 11 is 0. The minimum absolute atomic E-state index is 0.0302. The third-order valence-corrected chi connectivity index (χ3v) is 3.93. The van der Waals surface area contributed by atoms with Gasteiger partial charge in [-0.2, -0.15) is 0 Å². The molecule has 3 aromatic carbocycles. The van der Waals surface area contributed by atoms with Crippen molar-refractivity contribution < 1.29 is 24.5 Å². The van der Waals surface area contributed by atoms with Gasteiger partial charge in [0, 0.05) is 10.9 Å². The third-order valence-electron chi connectivity index (χ3n) is 3.93. The number of esters is 1. The predicted molar refractivity (Wildman–Crippen MR) is 95.0 cm³/mol. The molecule has 0 aliphatic heterocycles. The van der Waals surface area contributed by atoms with Crippen LogP contribution in [0.2, 0.25) is 0 Å². The predicted octanol–water partition coefficient (Wildman–Crippen LogP) is 3.37. The highest BCUT2D eigenvalue weighted by Crippen LogP contribution is 2.38. The van der Waals surface area contributed by atoms with Gasteiger partial charge in [-0.15, -0.1) is 0 Å². The molecule has 0 saturated heterocycles. The molecule has 25 heavy (non-hydrogen) atoms. The van der Waals surface area contributed by atoms with Crippen LogP contribution in [0, 0.1) is 0 Å². The second kappa shape index (κ2) is 7.23. The van der Waals surface area contributed by atoms with Crippen LogP contribution < -0.4 is 4.74 Å². The van der Waals surface area contributed by atoms with Crippen LogP contribution in [0.5, 0.6) is 11.5 Å². The van der Waals surface area contributed by atoms with E-state index in [2.05, 4.69) is 0 Å². The Kier molecular flexibility index (Phi) is 4.86. The molecule has 0 atom stereocenters. The Morgan fingerprint density at radius 1 is 1.04 bits per heavy atom. The Labute approximate surface area is 145 Å². The van der Waals surface area contributed by atoms with E-state index in [1.165, 1.54) is 13.2 Å². The number of ether oxygens (including phenoxy) is 2. The first-order valence-corrected chi connectivity index (χ1v) is 7.83. The van der Waals surface area contributed by atoms with Gasteiger partial charge in [0.05, 0.1) is 19.3 Å². The van der Waals surface area contributed by atoms with Crippen LogP contribution in [-0.2, 0) is 4.74 Å². The van der Waals surface area contributed by atoms with E-state index in [1.54, 1.807) is 18.2 Å². The Bertz CT molecular complexity index is 900. The van der Waals surface area contributed by atoms with Crippen molar-refractivity contribution >= 4 is 16.7 Å². The van der Waals surface area contributed by atoms with E-state index >= 15 is 0 Å². The van der Waals surface area contributed by atoms with Crippen molar-refractivity contribution in [3.8, 4) is 22.6 Å². The molecule has 0 saturated carbocycles. The quantitative estimate of drug-likeness (QED) is 0.698. The molecule has 0 bridgehead atoms. The van der Waals surface area contributed by atoms with Crippen molar-refractivity contribution in [2.45, 2.75) is 0 Å². The second-order valence-electron chi connectivity index (χ2n) is 5.45. The number of carbonyl (C=O) groups is 1. The topological polar surface area (TPSA) is 76.0 Å². The van der Waals surface area contributed by atoms with Crippen molar-refractivity contribution in [1.82, 2.24) is 0 Å². The van der Waals surface area contributed by atoms with Crippen LogP contribution in [0.4, 0.5) is 0 Å². The molecule has 0 amide bonds. The van der Waals surface area contributed by atoms with Crippen LogP contribution in [0.25, 0.3) is 21.9 Å². The highest BCUT2D eigenvalue weighted by molar-refractivity contribution is 6.10. The number of benzene rings is 3. The van der Waals surface area contributed by atoms with Crippen LogP contribution >= 0.6 is 0 Å². The number of aromatic hydroxyl groups is 1. The summed E-state index contributed by atoms with van der Waals surface area (Å²) < 4.78 is 10.2. The zero-order chi connectivity index (χ0) is 17.8. The van der Waals surface area contributed by atoms with E-state index < -0.39 is 5.97 Å². The Morgan fingerprint density at radius 2 is 1.72 bits per heavy atom. The monoisotopic (exact) mass is 338 g/mol. The molecule has 0 aliphatic carbocycles. The number of hydrogen-bond acceptors (Lipinski definition) is 5. The Hall–Kier alpha value is -3.05. The fraction of sp³-hybridized carbons (Fsp3) is 0.150. The number of phenols is 1. The van der Waals surface area contributed by atoms with Gasteiger partial charge in [-0.3, -0.25) is 0 Å². The number of phenolic OH excluding ortho intramolecular Hbond substituents is 1. The van der Waals surface area contributed by atoms with Gasteiger partial charge in [-0.05, 0) is 29.1 Å². The fourth-order valence-corrected chi connectivity index (χ4v) is 2.82. The maximum absolute atomic E-state index is 12.2. The first-order chi connectivity index (χ1) is 12.2. The van der Waals surface area contributed by atoms with E-state index in [9.17, 15) is 9.90 Å². The van der Waals surface area contributed by atoms with Crippen molar-refractivity contribution in [2.75, 3.05) is 20.3 Å². The molecule has 0 radical (unpaired) electrons. The van der Waals surface area contributed by atoms with Crippen molar-refractivity contribution in [1.29, 1.82) is 0 Å². The molecule has 0 spiro atoms. The van der Waals surface area contributed by atoms with E-state index in [4.69, 9.17) is 14.6 Å². The average Bonchev–Trinajstić information content (AvgIpc) is 2.66. The highest BCUT2D eigenvalue weighted by atomic mass is 16.5. The lowest BCUT2D eigenvalue weighted by Crippen LogP contribution is -2.04. The smallest absolute Gasteiger partial charge is 0.338 e. The molecule has 3 aromatic rings. The van der Waals surface area contributed by atoms with Gasteiger partial charge >= 0.3 is 5.97 Å². The van der Waals surface area contributed by atoms with Crippen LogP contribution in [0.15, 0.2) is 54.6 Å². The lowest BCUT2D eigenvalue weighted by atomic mass is 9.92. The molecule has 5 nitrogen and oxygen atoms in total. The zero-order valence-corrected chi connectivity index (χ0v) is 13.7. The number of carbonyl (C=O) groups excluding carboxylic acids is 1. The SMILES string of the molecule is COC(=O)c1cc(O)c2ccccc2c1-c1ccc(OCCO)cc1. The lowest BCUT2D eigenvalue weighted by molar-refractivity contribution is 0.0601. The number of aliphatic hydroxyl groups is 1. The minimum atomic E-state index is -0.517. The number of hydrogen-bond donors (Lipinski definition) is 2. The lowest BCUT2D eigenvalue weighted by Gasteiger charge is -2.14. The highest BCUT2D eigenvalue weighted by Gasteiger charge is 2.19. The second-order valence-corrected chi connectivity index (χ2v) is 5.45. The van der Waals surface area contributed by atoms with E-state index in [0.717, 1.165) is 10.9 Å². The van der Waals surface area contributed by atoms with Crippen LogP contribution in [0.3, 0.4) is 0 Å². The third kappa shape index (κ3) is 3.27. The molecule has 128 valence electrons. The first kappa shape index (κ1) is 16.8. The van der Waals surface area contributed by atoms with Gasteiger partial charge in [0.25, 0.3) is 0 Å². The van der Waals surface area contributed by atoms with E-state index in [1.807, 2.05) is 30.3 Å². The van der Waals surface area contributed by atoms with Gasteiger partial charge in [-0.25, -0.2) is 4.79 Å². The maximum atomic E-state index is 12.2. The molecule has 2 N–H and O–H groups in total.